The summed E-state index contributed by atoms with van der Waals surface area (Å²) in [6.07, 6.45) is 4.28. The SMILES string of the molecule is CC1CCCC(C)N1C(=O)CC1COC1. The Kier molecular flexibility index (Phi) is 3.29. The molecule has 2 aliphatic heterocycles. The van der Waals surface area contributed by atoms with E-state index < -0.39 is 0 Å². The van der Waals surface area contributed by atoms with Gasteiger partial charge in [0, 0.05) is 24.4 Å². The van der Waals surface area contributed by atoms with Crippen molar-refractivity contribution in [2.24, 2.45) is 5.92 Å². The van der Waals surface area contributed by atoms with Crippen LogP contribution in [0.15, 0.2) is 0 Å². The monoisotopic (exact) mass is 211 g/mol. The lowest BCUT2D eigenvalue weighted by Crippen LogP contribution is -2.49. The van der Waals surface area contributed by atoms with Crippen LogP contribution < -0.4 is 0 Å². The third kappa shape index (κ3) is 2.33. The van der Waals surface area contributed by atoms with Gasteiger partial charge in [-0.05, 0) is 33.1 Å². The van der Waals surface area contributed by atoms with Gasteiger partial charge in [-0.1, -0.05) is 0 Å². The fourth-order valence-corrected chi connectivity index (χ4v) is 2.67. The molecule has 2 aliphatic rings. The van der Waals surface area contributed by atoms with Crippen LogP contribution >= 0.6 is 0 Å². The third-order valence-electron chi connectivity index (χ3n) is 3.65. The van der Waals surface area contributed by atoms with Crippen molar-refractivity contribution in [3.63, 3.8) is 0 Å². The molecule has 0 aromatic heterocycles. The van der Waals surface area contributed by atoms with Crippen molar-refractivity contribution in [2.45, 2.75) is 51.6 Å². The average Bonchev–Trinajstić information content (AvgIpc) is 2.11. The van der Waals surface area contributed by atoms with Crippen molar-refractivity contribution in [1.82, 2.24) is 4.90 Å². The molecule has 2 unspecified atom stereocenters. The number of nitrogens with zero attached hydrogens (tertiary/aromatic N) is 1. The van der Waals surface area contributed by atoms with E-state index in [1.165, 1.54) is 6.42 Å². The highest BCUT2D eigenvalue weighted by atomic mass is 16.5. The maximum Gasteiger partial charge on any atom is 0.223 e. The second-order valence-electron chi connectivity index (χ2n) is 5.04. The van der Waals surface area contributed by atoms with E-state index in [-0.39, 0.29) is 0 Å². The number of amides is 1. The minimum absolute atomic E-state index is 0.336. The van der Waals surface area contributed by atoms with E-state index in [2.05, 4.69) is 18.7 Å². The Morgan fingerprint density at radius 1 is 1.27 bits per heavy atom. The summed E-state index contributed by atoms with van der Waals surface area (Å²) >= 11 is 0. The van der Waals surface area contributed by atoms with E-state index in [4.69, 9.17) is 4.74 Å². The first-order chi connectivity index (χ1) is 7.18. The smallest absolute Gasteiger partial charge is 0.223 e. The molecule has 0 saturated carbocycles. The van der Waals surface area contributed by atoms with Crippen LogP contribution in [0.2, 0.25) is 0 Å². The molecule has 2 fully saturated rings. The lowest BCUT2D eigenvalue weighted by molar-refractivity contribution is -0.142. The van der Waals surface area contributed by atoms with Crippen molar-refractivity contribution in [3.05, 3.63) is 0 Å². The molecule has 2 heterocycles. The molecule has 2 saturated heterocycles. The van der Waals surface area contributed by atoms with Gasteiger partial charge in [-0.25, -0.2) is 0 Å². The summed E-state index contributed by atoms with van der Waals surface area (Å²) in [5, 5.41) is 0. The Labute approximate surface area is 91.8 Å². The molecule has 0 bridgehead atoms. The van der Waals surface area contributed by atoms with Crippen molar-refractivity contribution >= 4 is 5.91 Å². The second-order valence-corrected chi connectivity index (χ2v) is 5.04. The van der Waals surface area contributed by atoms with Crippen LogP contribution in [0.3, 0.4) is 0 Å². The third-order valence-corrected chi connectivity index (χ3v) is 3.65. The summed E-state index contributed by atoms with van der Waals surface area (Å²) in [7, 11) is 0. The summed E-state index contributed by atoms with van der Waals surface area (Å²) in [6, 6.07) is 0.865. The summed E-state index contributed by atoms with van der Waals surface area (Å²) in [5.74, 6) is 0.821. The zero-order chi connectivity index (χ0) is 10.8. The highest BCUT2D eigenvalue weighted by Gasteiger charge is 2.31. The second kappa shape index (κ2) is 4.52. The van der Waals surface area contributed by atoms with E-state index in [1.807, 2.05) is 0 Å². The van der Waals surface area contributed by atoms with Gasteiger partial charge in [-0.2, -0.15) is 0 Å². The Bertz CT molecular complexity index is 228. The zero-order valence-electron chi connectivity index (χ0n) is 9.74. The highest BCUT2D eigenvalue weighted by molar-refractivity contribution is 5.77. The van der Waals surface area contributed by atoms with Crippen LogP contribution in [-0.2, 0) is 9.53 Å². The number of piperidine rings is 1. The molecule has 0 aromatic rings. The van der Waals surface area contributed by atoms with E-state index in [1.54, 1.807) is 0 Å². The number of carbonyl (C=O) groups excluding carboxylic acids is 1. The number of ether oxygens (including phenoxy) is 1. The van der Waals surface area contributed by atoms with Gasteiger partial charge in [0.1, 0.15) is 0 Å². The number of carbonyl (C=O) groups is 1. The molecule has 0 spiro atoms. The highest BCUT2D eigenvalue weighted by Crippen LogP contribution is 2.25. The fraction of sp³-hybridized carbons (Fsp3) is 0.917. The first-order valence-corrected chi connectivity index (χ1v) is 6.07. The minimum atomic E-state index is 0.336. The van der Waals surface area contributed by atoms with Gasteiger partial charge in [-0.15, -0.1) is 0 Å². The summed E-state index contributed by atoms with van der Waals surface area (Å²) in [6.45, 7) is 5.90. The van der Waals surface area contributed by atoms with Crippen molar-refractivity contribution in [1.29, 1.82) is 0 Å². The van der Waals surface area contributed by atoms with Crippen LogP contribution in [0, 0.1) is 5.92 Å². The predicted octanol–water partition coefficient (Wildman–Crippen LogP) is 1.81. The van der Waals surface area contributed by atoms with Crippen molar-refractivity contribution < 1.29 is 9.53 Å². The summed E-state index contributed by atoms with van der Waals surface area (Å²) in [5.41, 5.74) is 0. The average molecular weight is 211 g/mol. The molecule has 0 aromatic carbocycles. The molecule has 0 radical (unpaired) electrons. The van der Waals surface area contributed by atoms with Crippen molar-refractivity contribution in [3.8, 4) is 0 Å². The molecule has 0 N–H and O–H groups in total. The molecule has 2 rings (SSSR count). The lowest BCUT2D eigenvalue weighted by atomic mass is 9.95. The quantitative estimate of drug-likeness (QED) is 0.697. The number of hydrogen-bond acceptors (Lipinski definition) is 2. The number of hydrogen-bond donors (Lipinski definition) is 0. The van der Waals surface area contributed by atoms with Crippen molar-refractivity contribution in [2.75, 3.05) is 13.2 Å². The normalized spacial score (nSPS) is 32.5. The molecule has 3 nitrogen and oxygen atoms in total. The van der Waals surface area contributed by atoms with Gasteiger partial charge < -0.3 is 9.64 Å². The minimum Gasteiger partial charge on any atom is -0.381 e. The Hall–Kier alpha value is -0.570. The number of likely N-dealkylation sites (tertiary alicyclic amines) is 1. The molecule has 86 valence electrons. The zero-order valence-corrected chi connectivity index (χ0v) is 9.74. The first-order valence-electron chi connectivity index (χ1n) is 6.07. The van der Waals surface area contributed by atoms with Gasteiger partial charge in [0.2, 0.25) is 5.91 Å². The van der Waals surface area contributed by atoms with Gasteiger partial charge in [0.25, 0.3) is 0 Å². The molecule has 2 atom stereocenters. The van der Waals surface area contributed by atoms with Crippen LogP contribution in [-0.4, -0.2) is 36.1 Å². The van der Waals surface area contributed by atoms with Crippen LogP contribution in [0.1, 0.15) is 39.5 Å². The topological polar surface area (TPSA) is 29.5 Å². The first kappa shape index (κ1) is 10.9. The maximum atomic E-state index is 12.1. The molecule has 15 heavy (non-hydrogen) atoms. The standard InChI is InChI=1S/C12H21NO2/c1-9-4-3-5-10(2)13(9)12(14)6-11-7-15-8-11/h9-11H,3-8H2,1-2H3. The maximum absolute atomic E-state index is 12.1. The molecular weight excluding hydrogens is 190 g/mol. The molecule has 1 amide bonds. The van der Waals surface area contributed by atoms with E-state index in [0.29, 0.717) is 30.3 Å². The molecule has 0 aliphatic carbocycles. The Morgan fingerprint density at radius 3 is 2.33 bits per heavy atom. The van der Waals surface area contributed by atoms with E-state index in [0.717, 1.165) is 26.1 Å². The predicted molar refractivity (Wildman–Crippen MR) is 58.5 cm³/mol. The van der Waals surface area contributed by atoms with E-state index >= 15 is 0 Å². The molecule has 3 heteroatoms. The van der Waals surface area contributed by atoms with Gasteiger partial charge in [0.05, 0.1) is 13.2 Å². The van der Waals surface area contributed by atoms with Crippen LogP contribution in [0.5, 0.6) is 0 Å². The van der Waals surface area contributed by atoms with Gasteiger partial charge in [-0.3, -0.25) is 4.79 Å². The Morgan fingerprint density at radius 2 is 1.87 bits per heavy atom. The Balaban J connectivity index is 1.90. The summed E-state index contributed by atoms with van der Waals surface area (Å²) in [4.78, 5) is 14.2. The largest absolute Gasteiger partial charge is 0.381 e. The van der Waals surface area contributed by atoms with Crippen LogP contribution in [0.4, 0.5) is 0 Å². The summed E-state index contributed by atoms with van der Waals surface area (Å²) < 4.78 is 5.11. The van der Waals surface area contributed by atoms with Gasteiger partial charge >= 0.3 is 0 Å². The lowest BCUT2D eigenvalue weighted by Gasteiger charge is -2.40. The molecular formula is C12H21NO2. The van der Waals surface area contributed by atoms with E-state index in [9.17, 15) is 4.79 Å². The van der Waals surface area contributed by atoms with Crippen LogP contribution in [0.25, 0.3) is 0 Å². The van der Waals surface area contributed by atoms with Gasteiger partial charge in [0.15, 0.2) is 0 Å². The fourth-order valence-electron chi connectivity index (χ4n) is 2.67. The number of rotatable bonds is 2.